The number of hydrogen-bond acceptors (Lipinski definition) is 5. The van der Waals surface area contributed by atoms with E-state index in [0.717, 1.165) is 41.7 Å². The smallest absolute Gasteiger partial charge is 0.318 e. The van der Waals surface area contributed by atoms with Crippen molar-refractivity contribution < 1.29 is 14.3 Å². The molecule has 1 saturated carbocycles. The molecule has 232 valence electrons. The summed E-state index contributed by atoms with van der Waals surface area (Å²) in [5.41, 5.74) is 3.66. The number of piperazine rings is 1. The molecule has 1 saturated heterocycles. The van der Waals surface area contributed by atoms with Crippen molar-refractivity contribution in [3.63, 3.8) is 0 Å². The van der Waals surface area contributed by atoms with E-state index in [0.29, 0.717) is 37.2 Å². The van der Waals surface area contributed by atoms with Crippen LogP contribution in [0.5, 0.6) is 5.75 Å². The first kappa shape index (κ1) is 30.9. The summed E-state index contributed by atoms with van der Waals surface area (Å²) in [5, 5.41) is 7.32. The van der Waals surface area contributed by atoms with Gasteiger partial charge in [-0.3, -0.25) is 9.69 Å². The third-order valence-corrected chi connectivity index (χ3v) is 8.97. The van der Waals surface area contributed by atoms with Crippen LogP contribution in [0, 0.1) is 0 Å². The number of H-pyrrole nitrogens is 1. The number of carbonyl (C=O) groups excluding carboxylic acids is 2. The number of aromatic amines is 1. The van der Waals surface area contributed by atoms with Gasteiger partial charge in [0.25, 0.3) is 0 Å². The zero-order valence-corrected chi connectivity index (χ0v) is 26.2. The predicted molar refractivity (Wildman–Crippen MR) is 173 cm³/mol. The lowest BCUT2D eigenvalue weighted by atomic mass is 9.92. The van der Waals surface area contributed by atoms with Gasteiger partial charge >= 0.3 is 6.03 Å². The number of benzene rings is 2. The van der Waals surface area contributed by atoms with Gasteiger partial charge in [0.2, 0.25) is 5.91 Å². The lowest BCUT2D eigenvalue weighted by molar-refractivity contribution is -0.118. The van der Waals surface area contributed by atoms with Crippen molar-refractivity contribution in [3.8, 4) is 5.75 Å². The summed E-state index contributed by atoms with van der Waals surface area (Å²) >= 11 is 0. The Morgan fingerprint density at radius 2 is 1.79 bits per heavy atom. The number of rotatable bonds is 10. The Balaban J connectivity index is 1.36. The molecule has 0 radical (unpaired) electrons. The number of fused-ring (bicyclic) bond motifs is 1. The van der Waals surface area contributed by atoms with Crippen molar-refractivity contribution in [3.05, 3.63) is 59.8 Å². The number of anilines is 1. The maximum Gasteiger partial charge on any atom is 0.318 e. The highest BCUT2D eigenvalue weighted by Gasteiger charge is 2.33. The Morgan fingerprint density at radius 1 is 1.05 bits per heavy atom. The molecule has 3 aromatic rings. The molecule has 2 aliphatic rings. The predicted octanol–water partition coefficient (Wildman–Crippen LogP) is 5.40. The van der Waals surface area contributed by atoms with Crippen LogP contribution in [0.15, 0.2) is 48.7 Å². The summed E-state index contributed by atoms with van der Waals surface area (Å²) in [6.07, 6.45) is 8.41. The average molecular weight is 589 g/mol. The van der Waals surface area contributed by atoms with Crippen LogP contribution in [-0.2, 0) is 11.3 Å². The van der Waals surface area contributed by atoms with Gasteiger partial charge < -0.3 is 30.2 Å². The molecule has 43 heavy (non-hydrogen) atoms. The Bertz CT molecular complexity index is 1370. The first-order valence-electron chi connectivity index (χ1n) is 15.9. The number of nitrogens with zero attached hydrogens (tertiary/aromatic N) is 3. The fraction of sp³-hybridized carbons (Fsp3) is 0.529. The van der Waals surface area contributed by atoms with E-state index in [-0.39, 0.29) is 17.9 Å². The van der Waals surface area contributed by atoms with Crippen molar-refractivity contribution in [1.29, 1.82) is 0 Å². The lowest BCUT2D eigenvalue weighted by Crippen LogP contribution is -2.57. The van der Waals surface area contributed by atoms with E-state index in [2.05, 4.69) is 31.5 Å². The highest BCUT2D eigenvalue weighted by atomic mass is 16.5. The van der Waals surface area contributed by atoms with Crippen molar-refractivity contribution in [2.24, 2.45) is 0 Å². The molecule has 1 aromatic heterocycles. The minimum Gasteiger partial charge on any atom is -0.492 e. The molecule has 5 rings (SSSR count). The third kappa shape index (κ3) is 7.51. The van der Waals surface area contributed by atoms with Gasteiger partial charge in [-0.1, -0.05) is 50.5 Å². The van der Waals surface area contributed by atoms with E-state index < -0.39 is 6.04 Å². The molecule has 1 aliphatic carbocycles. The lowest BCUT2D eigenvalue weighted by Gasteiger charge is -2.41. The molecule has 0 bridgehead atoms. The van der Waals surface area contributed by atoms with Crippen LogP contribution >= 0.6 is 0 Å². The van der Waals surface area contributed by atoms with Gasteiger partial charge in [-0.2, -0.15) is 0 Å². The number of carbonyl (C=O) groups is 2. The Kier molecular flexibility index (Phi) is 10.3. The van der Waals surface area contributed by atoms with E-state index in [1.54, 1.807) is 0 Å². The van der Waals surface area contributed by atoms with Gasteiger partial charge in [0.15, 0.2) is 0 Å². The van der Waals surface area contributed by atoms with Gasteiger partial charge in [0.05, 0.1) is 12.3 Å². The number of hydrogen-bond donors (Lipinski definition) is 3. The Morgan fingerprint density at radius 3 is 2.51 bits per heavy atom. The number of amides is 3. The van der Waals surface area contributed by atoms with Crippen molar-refractivity contribution in [2.45, 2.75) is 70.5 Å². The number of ether oxygens (including phenoxy) is 1. The van der Waals surface area contributed by atoms with Gasteiger partial charge in [-0.15, -0.1) is 0 Å². The molecule has 0 spiro atoms. The summed E-state index contributed by atoms with van der Waals surface area (Å²) in [5.74, 6) is 0.0565. The van der Waals surface area contributed by atoms with Crippen LogP contribution in [0.2, 0.25) is 0 Å². The summed E-state index contributed by atoms with van der Waals surface area (Å²) in [4.78, 5) is 37.7. The summed E-state index contributed by atoms with van der Waals surface area (Å²) in [6, 6.07) is 13.6. The molecule has 9 nitrogen and oxygen atoms in total. The topological polar surface area (TPSA) is 92.9 Å². The molecule has 2 heterocycles. The van der Waals surface area contributed by atoms with Gasteiger partial charge in [0.1, 0.15) is 11.8 Å². The van der Waals surface area contributed by atoms with Gasteiger partial charge in [-0.05, 0) is 63.2 Å². The fourth-order valence-corrected chi connectivity index (χ4v) is 6.66. The highest BCUT2D eigenvalue weighted by molar-refractivity contribution is 5.99. The molecule has 0 unspecified atom stereocenters. The van der Waals surface area contributed by atoms with E-state index in [9.17, 15) is 9.59 Å². The molecule has 2 aromatic carbocycles. The summed E-state index contributed by atoms with van der Waals surface area (Å²) in [7, 11) is 4.02. The first-order chi connectivity index (χ1) is 20.8. The monoisotopic (exact) mass is 588 g/mol. The van der Waals surface area contributed by atoms with Crippen LogP contribution in [0.4, 0.5) is 10.5 Å². The standard InChI is InChI=1S/C34H48N6O3/c1-5-43-31-16-15-25(23-38(3)4)21-30(31)36-33(41)32(24(2)28-22-35-29-14-10-9-13-27(28)29)37-34(42)40-19-17-39(18-20-40)26-11-7-6-8-12-26/h9-10,13-16,21-22,24,26,32,35H,5-8,11-12,17-20,23H2,1-4H3,(H,36,41)(H,37,42)/t24-,32+/m0/s1. The zero-order chi connectivity index (χ0) is 30.3. The van der Waals surface area contributed by atoms with Gasteiger partial charge in [0, 0.05) is 61.8 Å². The molecule has 2 fully saturated rings. The molecular formula is C34H48N6O3. The van der Waals surface area contributed by atoms with E-state index in [1.165, 1.54) is 32.1 Å². The first-order valence-corrected chi connectivity index (χ1v) is 15.9. The summed E-state index contributed by atoms with van der Waals surface area (Å²) in [6.45, 7) is 8.23. The molecule has 3 N–H and O–H groups in total. The number of nitrogens with one attached hydrogen (secondary N) is 3. The van der Waals surface area contributed by atoms with Crippen molar-refractivity contribution >= 4 is 28.5 Å². The summed E-state index contributed by atoms with van der Waals surface area (Å²) < 4.78 is 5.87. The van der Waals surface area contributed by atoms with Crippen LogP contribution in [0.25, 0.3) is 10.9 Å². The zero-order valence-electron chi connectivity index (χ0n) is 26.2. The van der Waals surface area contributed by atoms with E-state index >= 15 is 0 Å². The number of para-hydroxylation sites is 1. The molecule has 3 amide bonds. The van der Waals surface area contributed by atoms with Crippen LogP contribution in [0.3, 0.4) is 0 Å². The van der Waals surface area contributed by atoms with Crippen molar-refractivity contribution in [1.82, 2.24) is 25.0 Å². The molecule has 1 aliphatic heterocycles. The molecular weight excluding hydrogens is 540 g/mol. The average Bonchev–Trinajstić information content (AvgIpc) is 3.45. The molecule has 9 heteroatoms. The quantitative estimate of drug-likeness (QED) is 0.295. The Labute approximate surface area is 255 Å². The minimum atomic E-state index is -0.796. The number of aromatic nitrogens is 1. The second kappa shape index (κ2) is 14.3. The second-order valence-corrected chi connectivity index (χ2v) is 12.3. The van der Waals surface area contributed by atoms with Crippen molar-refractivity contribution in [2.75, 3.05) is 52.2 Å². The SMILES string of the molecule is CCOc1ccc(CN(C)C)cc1NC(=O)[C@H](NC(=O)N1CCN(C2CCCCC2)CC1)[C@@H](C)c1c[nH]c2ccccc12. The normalized spacial score (nSPS) is 18.0. The van der Waals surface area contributed by atoms with E-state index in [1.807, 2.05) is 75.4 Å². The van der Waals surface area contributed by atoms with Crippen LogP contribution in [0.1, 0.15) is 63.0 Å². The van der Waals surface area contributed by atoms with Crippen LogP contribution < -0.4 is 15.4 Å². The minimum absolute atomic E-state index is 0.193. The van der Waals surface area contributed by atoms with Gasteiger partial charge in [-0.25, -0.2) is 4.79 Å². The Hall–Kier alpha value is -3.56. The fourth-order valence-electron chi connectivity index (χ4n) is 6.66. The van der Waals surface area contributed by atoms with Crippen LogP contribution in [-0.4, -0.2) is 90.6 Å². The maximum absolute atomic E-state index is 14.1. The highest BCUT2D eigenvalue weighted by Crippen LogP contribution is 2.31. The second-order valence-electron chi connectivity index (χ2n) is 12.3. The van der Waals surface area contributed by atoms with E-state index in [4.69, 9.17) is 4.74 Å². The third-order valence-electron chi connectivity index (χ3n) is 8.97. The molecule has 2 atom stereocenters. The maximum atomic E-state index is 14.1. The number of urea groups is 1. The largest absolute Gasteiger partial charge is 0.492 e.